The number of amides is 1. The number of nitrogens with zero attached hydrogens (tertiary/aromatic N) is 2. The molecule has 3 aliphatic rings. The Kier molecular flexibility index (Phi) is 2.79. The van der Waals surface area contributed by atoms with Crippen LogP contribution in [-0.4, -0.2) is 41.4 Å². The summed E-state index contributed by atoms with van der Waals surface area (Å²) in [5.41, 5.74) is 1.10. The van der Waals surface area contributed by atoms with Crippen molar-refractivity contribution >= 4 is 11.7 Å². The van der Waals surface area contributed by atoms with E-state index in [-0.39, 0.29) is 23.9 Å². The van der Waals surface area contributed by atoms with Gasteiger partial charge in [-0.3, -0.25) is 14.6 Å². The number of fused-ring (bicyclic) bond motifs is 3. The highest BCUT2D eigenvalue weighted by Crippen LogP contribution is 2.49. The van der Waals surface area contributed by atoms with Crippen molar-refractivity contribution in [3.05, 3.63) is 29.8 Å². The molecule has 1 aromatic rings. The summed E-state index contributed by atoms with van der Waals surface area (Å²) in [6.45, 7) is 0.718. The fourth-order valence-corrected chi connectivity index (χ4v) is 4.10. The maximum atomic E-state index is 12.3. The molecule has 5 nitrogen and oxygen atoms in total. The molecule has 110 valence electrons. The van der Waals surface area contributed by atoms with Crippen molar-refractivity contribution in [1.82, 2.24) is 10.0 Å². The number of carbonyl (C=O) groups excluding carboxylic acids is 2. The maximum absolute atomic E-state index is 12.3. The number of benzene rings is 1. The Balaban J connectivity index is 1.74. The molecule has 3 fully saturated rings. The fraction of sp³-hybridized carbons (Fsp3) is 0.500. The van der Waals surface area contributed by atoms with Crippen LogP contribution in [0.3, 0.4) is 0 Å². The minimum absolute atomic E-state index is 0.00218. The average molecular weight is 286 g/mol. The van der Waals surface area contributed by atoms with Gasteiger partial charge in [0.1, 0.15) is 11.5 Å². The van der Waals surface area contributed by atoms with Gasteiger partial charge in [0.05, 0.1) is 25.1 Å². The third kappa shape index (κ3) is 1.73. The summed E-state index contributed by atoms with van der Waals surface area (Å²) in [6.07, 6.45) is 1.96. The first-order chi connectivity index (χ1) is 10.2. The Morgan fingerprint density at radius 3 is 2.62 bits per heavy atom. The molecule has 21 heavy (non-hydrogen) atoms. The van der Waals surface area contributed by atoms with E-state index in [1.165, 1.54) is 0 Å². The van der Waals surface area contributed by atoms with Crippen molar-refractivity contribution in [3.63, 3.8) is 0 Å². The van der Waals surface area contributed by atoms with Crippen LogP contribution in [0.15, 0.2) is 24.3 Å². The van der Waals surface area contributed by atoms with E-state index in [1.807, 2.05) is 29.3 Å². The molecule has 5 heteroatoms. The van der Waals surface area contributed by atoms with Crippen LogP contribution in [0.4, 0.5) is 0 Å². The molecule has 0 N–H and O–H groups in total. The van der Waals surface area contributed by atoms with Crippen LogP contribution in [0.25, 0.3) is 0 Å². The predicted octanol–water partition coefficient (Wildman–Crippen LogP) is 1.55. The fourth-order valence-electron chi connectivity index (χ4n) is 4.10. The van der Waals surface area contributed by atoms with E-state index in [0.29, 0.717) is 18.6 Å². The van der Waals surface area contributed by atoms with Gasteiger partial charge in [-0.05, 0) is 24.1 Å². The first kappa shape index (κ1) is 12.8. The van der Waals surface area contributed by atoms with E-state index in [2.05, 4.69) is 5.01 Å². The van der Waals surface area contributed by atoms with Crippen molar-refractivity contribution in [1.29, 1.82) is 0 Å². The van der Waals surface area contributed by atoms with Crippen molar-refractivity contribution < 1.29 is 14.3 Å². The number of methoxy groups -OCH3 is 1. The van der Waals surface area contributed by atoms with E-state index in [0.717, 1.165) is 24.3 Å². The van der Waals surface area contributed by atoms with Crippen molar-refractivity contribution in [3.8, 4) is 5.75 Å². The molecular formula is C16H18N2O3. The Hall–Kier alpha value is -1.88. The van der Waals surface area contributed by atoms with Crippen LogP contribution in [0, 0.1) is 5.92 Å². The van der Waals surface area contributed by atoms with Gasteiger partial charge in [0.25, 0.3) is 0 Å². The number of ketones is 1. The molecule has 2 aliphatic heterocycles. The number of hydrogen-bond donors (Lipinski definition) is 0. The number of hydrogen-bond acceptors (Lipinski definition) is 4. The van der Waals surface area contributed by atoms with Crippen molar-refractivity contribution in [2.45, 2.75) is 31.3 Å². The summed E-state index contributed by atoms with van der Waals surface area (Å²) in [7, 11) is 1.64. The molecule has 3 atom stereocenters. The van der Waals surface area contributed by atoms with Crippen LogP contribution in [0.1, 0.15) is 30.9 Å². The average Bonchev–Trinajstić information content (AvgIpc) is 3.14. The summed E-state index contributed by atoms with van der Waals surface area (Å²) in [5.74, 6) is 1.20. The molecular weight excluding hydrogens is 268 g/mol. The first-order valence-electron chi connectivity index (χ1n) is 7.46. The number of rotatable bonds is 2. The van der Waals surface area contributed by atoms with Gasteiger partial charge < -0.3 is 4.74 Å². The van der Waals surface area contributed by atoms with E-state index >= 15 is 0 Å². The molecule has 0 aromatic heterocycles. The standard InChI is InChI=1S/C16H18N2O3/c1-21-11-4-2-10(3-5-11)16-15-12(6-7-13(15)19)18-14(20)8-9-17(16)18/h2-5,12,15-16H,6-9H2,1H3/t12-,15-,16-/m1/s1. The maximum Gasteiger partial charge on any atom is 0.238 e. The van der Waals surface area contributed by atoms with Gasteiger partial charge in [0.2, 0.25) is 5.91 Å². The van der Waals surface area contributed by atoms with Crippen LogP contribution in [-0.2, 0) is 9.59 Å². The third-order valence-corrected chi connectivity index (χ3v) is 4.99. The second-order valence-corrected chi connectivity index (χ2v) is 5.97. The molecule has 0 radical (unpaired) electrons. The monoisotopic (exact) mass is 286 g/mol. The Labute approximate surface area is 123 Å². The lowest BCUT2D eigenvalue weighted by atomic mass is 9.89. The van der Waals surface area contributed by atoms with Crippen molar-refractivity contribution in [2.75, 3.05) is 13.7 Å². The minimum atomic E-state index is -0.0670. The van der Waals surface area contributed by atoms with Gasteiger partial charge in [-0.15, -0.1) is 0 Å². The van der Waals surface area contributed by atoms with Gasteiger partial charge in [0, 0.05) is 19.4 Å². The highest BCUT2D eigenvalue weighted by atomic mass is 16.5. The van der Waals surface area contributed by atoms with Crippen molar-refractivity contribution in [2.24, 2.45) is 5.92 Å². The lowest BCUT2D eigenvalue weighted by Gasteiger charge is -2.27. The molecule has 1 aliphatic carbocycles. The first-order valence-corrected chi connectivity index (χ1v) is 7.46. The summed E-state index contributed by atoms with van der Waals surface area (Å²) in [6, 6.07) is 7.94. The second kappa shape index (κ2) is 4.56. The zero-order valence-electron chi connectivity index (χ0n) is 12.0. The summed E-state index contributed by atoms with van der Waals surface area (Å²) < 4.78 is 5.20. The zero-order valence-corrected chi connectivity index (χ0v) is 12.0. The SMILES string of the molecule is COc1ccc([C@@H]2[C@H]3C(=O)CC[C@H]3N3C(=O)CCN23)cc1. The molecule has 0 unspecified atom stereocenters. The molecule has 2 saturated heterocycles. The number of Topliss-reactive ketones (excluding diaryl/α,β-unsaturated/α-hetero) is 1. The Bertz CT molecular complexity index is 598. The largest absolute Gasteiger partial charge is 0.497 e. The Morgan fingerprint density at radius 1 is 1.14 bits per heavy atom. The highest BCUT2D eigenvalue weighted by Gasteiger charge is 2.57. The van der Waals surface area contributed by atoms with Gasteiger partial charge in [-0.25, -0.2) is 5.01 Å². The Morgan fingerprint density at radius 2 is 1.90 bits per heavy atom. The molecule has 0 spiro atoms. The van der Waals surface area contributed by atoms with Crippen LogP contribution < -0.4 is 4.74 Å². The summed E-state index contributed by atoms with van der Waals surface area (Å²) in [4.78, 5) is 24.4. The van der Waals surface area contributed by atoms with E-state index in [9.17, 15) is 9.59 Å². The van der Waals surface area contributed by atoms with Crippen LogP contribution >= 0.6 is 0 Å². The van der Waals surface area contributed by atoms with Gasteiger partial charge in [-0.2, -0.15) is 0 Å². The van der Waals surface area contributed by atoms with E-state index in [1.54, 1.807) is 7.11 Å². The second-order valence-electron chi connectivity index (χ2n) is 5.97. The summed E-state index contributed by atoms with van der Waals surface area (Å²) >= 11 is 0. The highest BCUT2D eigenvalue weighted by molar-refractivity contribution is 5.88. The number of hydrazine groups is 1. The van der Waals surface area contributed by atoms with Crippen LogP contribution in [0.2, 0.25) is 0 Å². The molecule has 2 heterocycles. The van der Waals surface area contributed by atoms with Gasteiger partial charge >= 0.3 is 0 Å². The third-order valence-electron chi connectivity index (χ3n) is 4.99. The topological polar surface area (TPSA) is 49.9 Å². The molecule has 1 amide bonds. The lowest BCUT2D eigenvalue weighted by molar-refractivity contribution is -0.138. The predicted molar refractivity (Wildman–Crippen MR) is 75.4 cm³/mol. The normalized spacial score (nSPS) is 31.7. The van der Waals surface area contributed by atoms with E-state index in [4.69, 9.17) is 4.74 Å². The minimum Gasteiger partial charge on any atom is -0.497 e. The van der Waals surface area contributed by atoms with E-state index < -0.39 is 0 Å². The zero-order chi connectivity index (χ0) is 14.6. The molecule has 1 saturated carbocycles. The number of ether oxygens (including phenoxy) is 1. The molecule has 0 bridgehead atoms. The quantitative estimate of drug-likeness (QED) is 0.827. The molecule has 4 rings (SSSR count). The smallest absolute Gasteiger partial charge is 0.238 e. The lowest BCUT2D eigenvalue weighted by Crippen LogP contribution is -2.38. The van der Waals surface area contributed by atoms with Crippen LogP contribution in [0.5, 0.6) is 5.75 Å². The van der Waals surface area contributed by atoms with Gasteiger partial charge in [0.15, 0.2) is 0 Å². The molecule has 1 aromatic carbocycles. The van der Waals surface area contributed by atoms with Gasteiger partial charge in [-0.1, -0.05) is 12.1 Å². The number of carbonyl (C=O) groups is 2. The summed E-state index contributed by atoms with van der Waals surface area (Å²) in [5, 5.41) is 3.97.